The molecule has 0 bridgehead atoms. The molecule has 110 valence electrons. The third-order valence-corrected chi connectivity index (χ3v) is 3.01. The minimum Gasteiger partial charge on any atom is -0.465 e. The lowest BCUT2D eigenvalue weighted by Gasteiger charge is -2.23. The predicted molar refractivity (Wildman–Crippen MR) is 82.1 cm³/mol. The molecule has 3 nitrogen and oxygen atoms in total. The molecule has 0 amide bonds. The topological polar surface area (TPSA) is 26.3 Å². The van der Waals surface area contributed by atoms with Crippen molar-refractivity contribution in [1.29, 1.82) is 0 Å². The Morgan fingerprint density at radius 1 is 1.22 bits per heavy atom. The average molecular weight is 325 g/mol. The molecular weight excluding hydrogens is 294 g/mol. The van der Waals surface area contributed by atoms with Gasteiger partial charge in [-0.25, -0.2) is 0 Å². The van der Waals surface area contributed by atoms with Crippen LogP contribution in [-0.4, -0.2) is 44.7 Å². The fourth-order valence-corrected chi connectivity index (χ4v) is 1.61. The van der Waals surface area contributed by atoms with Gasteiger partial charge in [-0.05, 0) is 12.3 Å². The second-order valence-electron chi connectivity index (χ2n) is 5.86. The molecule has 0 rings (SSSR count). The highest BCUT2D eigenvalue weighted by atomic mass is 79.9. The summed E-state index contributed by atoms with van der Waals surface area (Å²) in [5.74, 6) is 0.496. The maximum absolute atomic E-state index is 11.6. The van der Waals surface area contributed by atoms with E-state index >= 15 is 0 Å². The standard InChI is InChI=1S/C14H30NO2.BrH/c1-6-8-9-13(7-2)12-17-14(16)10-11-15(3,4)5;/h13H,6-12H2,1-5H3;1H/q+1;. The van der Waals surface area contributed by atoms with E-state index in [1.54, 1.807) is 0 Å². The van der Waals surface area contributed by atoms with E-state index in [0.29, 0.717) is 18.9 Å². The zero-order valence-corrected chi connectivity index (χ0v) is 14.4. The van der Waals surface area contributed by atoms with Crippen molar-refractivity contribution in [2.24, 2.45) is 5.92 Å². The molecule has 0 fully saturated rings. The van der Waals surface area contributed by atoms with Crippen molar-refractivity contribution in [3.05, 3.63) is 0 Å². The molecule has 0 aromatic carbocycles. The summed E-state index contributed by atoms with van der Waals surface area (Å²) in [4.78, 5) is 11.6. The van der Waals surface area contributed by atoms with Gasteiger partial charge in [0.05, 0.1) is 40.7 Å². The number of nitrogens with zero attached hydrogens (tertiary/aromatic N) is 1. The van der Waals surface area contributed by atoms with Crippen molar-refractivity contribution < 1.29 is 14.0 Å². The number of ether oxygens (including phenoxy) is 1. The number of hydrogen-bond donors (Lipinski definition) is 0. The van der Waals surface area contributed by atoms with Gasteiger partial charge in [-0.3, -0.25) is 4.79 Å². The maximum Gasteiger partial charge on any atom is 0.311 e. The molecule has 0 aliphatic rings. The van der Waals surface area contributed by atoms with Crippen LogP contribution in [0.4, 0.5) is 0 Å². The first-order valence-electron chi connectivity index (χ1n) is 6.85. The monoisotopic (exact) mass is 324 g/mol. The molecule has 18 heavy (non-hydrogen) atoms. The number of hydrogen-bond acceptors (Lipinski definition) is 2. The second kappa shape index (κ2) is 10.8. The van der Waals surface area contributed by atoms with Crippen LogP contribution in [0.2, 0.25) is 0 Å². The van der Waals surface area contributed by atoms with E-state index in [-0.39, 0.29) is 23.0 Å². The largest absolute Gasteiger partial charge is 0.465 e. The maximum atomic E-state index is 11.6. The summed E-state index contributed by atoms with van der Waals surface area (Å²) in [7, 11) is 6.26. The molecule has 0 aromatic rings. The minimum absolute atomic E-state index is 0. The summed E-state index contributed by atoms with van der Waals surface area (Å²) in [6.45, 7) is 5.80. The predicted octanol–water partition coefficient (Wildman–Crippen LogP) is 3.42. The highest BCUT2D eigenvalue weighted by Gasteiger charge is 2.14. The van der Waals surface area contributed by atoms with Gasteiger partial charge in [-0.15, -0.1) is 17.0 Å². The van der Waals surface area contributed by atoms with Crippen LogP contribution < -0.4 is 0 Å². The lowest BCUT2D eigenvalue weighted by atomic mass is 10.0. The molecule has 0 saturated heterocycles. The van der Waals surface area contributed by atoms with Crippen molar-refractivity contribution in [2.45, 2.75) is 46.0 Å². The van der Waals surface area contributed by atoms with E-state index in [4.69, 9.17) is 4.74 Å². The van der Waals surface area contributed by atoms with Gasteiger partial charge in [0.2, 0.25) is 0 Å². The van der Waals surface area contributed by atoms with Crippen molar-refractivity contribution in [3.63, 3.8) is 0 Å². The molecule has 1 atom stereocenters. The molecule has 0 saturated carbocycles. The summed E-state index contributed by atoms with van der Waals surface area (Å²) in [6, 6.07) is 0. The highest BCUT2D eigenvalue weighted by molar-refractivity contribution is 8.93. The van der Waals surface area contributed by atoms with Crippen molar-refractivity contribution in [1.82, 2.24) is 0 Å². The molecule has 0 heterocycles. The zero-order chi connectivity index (χ0) is 13.3. The van der Waals surface area contributed by atoms with Gasteiger partial charge in [0.1, 0.15) is 0 Å². The van der Waals surface area contributed by atoms with Gasteiger partial charge in [-0.2, -0.15) is 0 Å². The number of halogens is 1. The van der Waals surface area contributed by atoms with Crippen molar-refractivity contribution in [3.8, 4) is 0 Å². The van der Waals surface area contributed by atoms with Gasteiger partial charge in [-0.1, -0.05) is 33.1 Å². The third-order valence-electron chi connectivity index (χ3n) is 3.01. The van der Waals surface area contributed by atoms with Gasteiger partial charge in [0.15, 0.2) is 0 Å². The van der Waals surface area contributed by atoms with E-state index in [2.05, 4.69) is 35.0 Å². The van der Waals surface area contributed by atoms with Gasteiger partial charge in [0, 0.05) is 0 Å². The molecule has 0 aliphatic carbocycles. The summed E-state index contributed by atoms with van der Waals surface area (Å²) in [6.07, 6.45) is 5.24. The van der Waals surface area contributed by atoms with E-state index in [1.165, 1.54) is 19.3 Å². The van der Waals surface area contributed by atoms with Crippen LogP contribution in [-0.2, 0) is 9.53 Å². The van der Waals surface area contributed by atoms with Crippen LogP contribution in [0.5, 0.6) is 0 Å². The number of rotatable bonds is 9. The molecule has 1 unspecified atom stereocenters. The van der Waals surface area contributed by atoms with Crippen LogP contribution in [0.3, 0.4) is 0 Å². The molecule has 0 radical (unpaired) electrons. The molecule has 0 aromatic heterocycles. The molecule has 0 aliphatic heterocycles. The van der Waals surface area contributed by atoms with Crippen LogP contribution in [0.1, 0.15) is 46.0 Å². The van der Waals surface area contributed by atoms with Gasteiger partial charge < -0.3 is 9.22 Å². The fourth-order valence-electron chi connectivity index (χ4n) is 1.61. The first kappa shape index (κ1) is 20.2. The highest BCUT2D eigenvalue weighted by Crippen LogP contribution is 2.13. The molecule has 0 spiro atoms. The Bertz CT molecular complexity index is 214. The Labute approximate surface area is 123 Å². The summed E-state index contributed by atoms with van der Waals surface area (Å²) in [5.41, 5.74) is 0. The van der Waals surface area contributed by atoms with Gasteiger partial charge in [0.25, 0.3) is 0 Å². The van der Waals surface area contributed by atoms with Crippen LogP contribution in [0, 0.1) is 5.92 Å². The Morgan fingerprint density at radius 2 is 1.83 bits per heavy atom. The quantitative estimate of drug-likeness (QED) is 0.480. The molecule has 4 heteroatoms. The number of esters is 1. The van der Waals surface area contributed by atoms with E-state index in [0.717, 1.165) is 17.4 Å². The van der Waals surface area contributed by atoms with Crippen LogP contribution in [0.25, 0.3) is 0 Å². The van der Waals surface area contributed by atoms with Crippen LogP contribution in [0.15, 0.2) is 0 Å². The van der Waals surface area contributed by atoms with Crippen LogP contribution >= 0.6 is 17.0 Å². The van der Waals surface area contributed by atoms with E-state index in [9.17, 15) is 4.79 Å². The number of carbonyl (C=O) groups is 1. The Balaban J connectivity index is 0. The number of carbonyl (C=O) groups excluding carboxylic acids is 1. The summed E-state index contributed by atoms with van der Waals surface area (Å²) >= 11 is 0. The Morgan fingerprint density at radius 3 is 2.28 bits per heavy atom. The van der Waals surface area contributed by atoms with E-state index in [1.807, 2.05) is 0 Å². The van der Waals surface area contributed by atoms with Crippen molar-refractivity contribution >= 4 is 23.0 Å². The summed E-state index contributed by atoms with van der Waals surface area (Å²) in [5, 5.41) is 0. The minimum atomic E-state index is -0.0481. The normalized spacial score (nSPS) is 12.7. The fraction of sp³-hybridized carbons (Fsp3) is 0.929. The summed E-state index contributed by atoms with van der Waals surface area (Å²) < 4.78 is 6.15. The number of quaternary nitrogens is 1. The second-order valence-corrected chi connectivity index (χ2v) is 5.86. The average Bonchev–Trinajstić information content (AvgIpc) is 2.25. The molecular formula is C14H31BrNO2+. The molecule has 0 N–H and O–H groups in total. The Kier molecular flexibility index (Phi) is 12.1. The van der Waals surface area contributed by atoms with Gasteiger partial charge >= 0.3 is 5.97 Å². The van der Waals surface area contributed by atoms with E-state index < -0.39 is 0 Å². The zero-order valence-electron chi connectivity index (χ0n) is 12.7. The lowest BCUT2D eigenvalue weighted by Crippen LogP contribution is -2.36. The smallest absolute Gasteiger partial charge is 0.311 e. The lowest BCUT2D eigenvalue weighted by molar-refractivity contribution is -0.869. The SMILES string of the molecule is Br.CCCCC(CC)COC(=O)CC[N+](C)(C)C. The number of unbranched alkanes of at least 4 members (excludes halogenated alkanes) is 1. The Hall–Kier alpha value is -0.0900. The first-order valence-corrected chi connectivity index (χ1v) is 6.85. The first-order chi connectivity index (χ1) is 7.89. The third kappa shape index (κ3) is 12.4. The van der Waals surface area contributed by atoms with Crippen molar-refractivity contribution in [2.75, 3.05) is 34.3 Å².